The lowest BCUT2D eigenvalue weighted by Crippen LogP contribution is -2.42. The van der Waals surface area contributed by atoms with Crippen molar-refractivity contribution < 1.29 is 0 Å². The van der Waals surface area contributed by atoms with Gasteiger partial charge in [-0.2, -0.15) is 0 Å². The highest BCUT2D eigenvalue weighted by Gasteiger charge is 2.30. The number of hydrogen-bond acceptors (Lipinski definition) is 2. The zero-order valence-electron chi connectivity index (χ0n) is 13.1. The van der Waals surface area contributed by atoms with Crippen LogP contribution in [0.2, 0.25) is 0 Å². The second kappa shape index (κ2) is 7.64. The maximum absolute atomic E-state index is 5.92. The third-order valence-corrected chi connectivity index (χ3v) is 5.37. The van der Waals surface area contributed by atoms with Gasteiger partial charge in [-0.05, 0) is 69.0 Å². The number of rotatable bonds is 6. The van der Waals surface area contributed by atoms with Crippen molar-refractivity contribution in [3.05, 3.63) is 0 Å². The summed E-state index contributed by atoms with van der Waals surface area (Å²) in [5, 5.41) is 0. The molecule has 0 aromatic carbocycles. The zero-order chi connectivity index (χ0) is 13.7. The van der Waals surface area contributed by atoms with E-state index in [9.17, 15) is 0 Å². The van der Waals surface area contributed by atoms with Crippen LogP contribution >= 0.6 is 0 Å². The number of nitrogens with zero attached hydrogens (tertiary/aromatic N) is 1. The van der Waals surface area contributed by atoms with Crippen LogP contribution in [-0.2, 0) is 0 Å². The summed E-state index contributed by atoms with van der Waals surface area (Å²) < 4.78 is 0. The summed E-state index contributed by atoms with van der Waals surface area (Å²) in [4.78, 5) is 2.73. The van der Waals surface area contributed by atoms with Crippen molar-refractivity contribution in [2.24, 2.45) is 29.4 Å². The molecule has 1 aliphatic heterocycles. The van der Waals surface area contributed by atoms with Gasteiger partial charge in [0.2, 0.25) is 0 Å². The summed E-state index contributed by atoms with van der Waals surface area (Å²) in [7, 11) is 0. The van der Waals surface area contributed by atoms with E-state index in [1.807, 2.05) is 0 Å². The Morgan fingerprint density at radius 2 is 1.84 bits per heavy atom. The fraction of sp³-hybridized carbons (Fsp3) is 1.00. The van der Waals surface area contributed by atoms with E-state index in [-0.39, 0.29) is 0 Å². The first-order chi connectivity index (χ1) is 9.19. The molecule has 0 aromatic rings. The third kappa shape index (κ3) is 4.75. The Balaban J connectivity index is 1.71. The lowest BCUT2D eigenvalue weighted by Gasteiger charge is -2.41. The van der Waals surface area contributed by atoms with Gasteiger partial charge in [0.05, 0.1) is 0 Å². The summed E-state index contributed by atoms with van der Waals surface area (Å²) >= 11 is 0. The first kappa shape index (κ1) is 15.3. The molecule has 1 heterocycles. The van der Waals surface area contributed by atoms with Crippen molar-refractivity contribution in [3.8, 4) is 0 Å². The van der Waals surface area contributed by atoms with Gasteiger partial charge in [0.1, 0.15) is 0 Å². The SMILES string of the molecule is CC(C)CC(CN)CCN1CCC2CCCCC2C1. The summed E-state index contributed by atoms with van der Waals surface area (Å²) in [6.45, 7) is 9.52. The van der Waals surface area contributed by atoms with Crippen molar-refractivity contribution in [2.75, 3.05) is 26.2 Å². The summed E-state index contributed by atoms with van der Waals surface area (Å²) in [6.07, 6.45) is 10.0. The quantitative estimate of drug-likeness (QED) is 0.797. The molecule has 112 valence electrons. The van der Waals surface area contributed by atoms with Gasteiger partial charge in [-0.25, -0.2) is 0 Å². The van der Waals surface area contributed by atoms with E-state index < -0.39 is 0 Å². The zero-order valence-corrected chi connectivity index (χ0v) is 13.1. The Morgan fingerprint density at radius 1 is 1.11 bits per heavy atom. The van der Waals surface area contributed by atoms with Crippen molar-refractivity contribution in [1.29, 1.82) is 0 Å². The van der Waals surface area contributed by atoms with Crippen LogP contribution in [0.4, 0.5) is 0 Å². The van der Waals surface area contributed by atoms with Gasteiger partial charge < -0.3 is 10.6 Å². The summed E-state index contributed by atoms with van der Waals surface area (Å²) in [5.41, 5.74) is 5.92. The van der Waals surface area contributed by atoms with Crippen molar-refractivity contribution in [2.45, 2.75) is 58.8 Å². The van der Waals surface area contributed by atoms with Gasteiger partial charge in [0.15, 0.2) is 0 Å². The van der Waals surface area contributed by atoms with E-state index in [2.05, 4.69) is 18.7 Å². The molecule has 3 unspecified atom stereocenters. The second-order valence-corrected chi connectivity index (χ2v) is 7.41. The molecule has 2 nitrogen and oxygen atoms in total. The monoisotopic (exact) mass is 266 g/mol. The van der Waals surface area contributed by atoms with Crippen LogP contribution in [-0.4, -0.2) is 31.1 Å². The first-order valence-electron chi connectivity index (χ1n) is 8.61. The van der Waals surface area contributed by atoms with Crippen LogP contribution in [0, 0.1) is 23.7 Å². The molecular formula is C17H34N2. The Morgan fingerprint density at radius 3 is 2.53 bits per heavy atom. The number of fused-ring (bicyclic) bond motifs is 1. The van der Waals surface area contributed by atoms with Gasteiger partial charge in [-0.1, -0.05) is 33.1 Å². The van der Waals surface area contributed by atoms with Crippen molar-refractivity contribution in [3.63, 3.8) is 0 Å². The second-order valence-electron chi connectivity index (χ2n) is 7.41. The van der Waals surface area contributed by atoms with Gasteiger partial charge in [0, 0.05) is 6.54 Å². The molecule has 2 rings (SSSR count). The largest absolute Gasteiger partial charge is 0.330 e. The predicted molar refractivity (Wildman–Crippen MR) is 83.1 cm³/mol. The number of hydrogen-bond donors (Lipinski definition) is 1. The molecule has 19 heavy (non-hydrogen) atoms. The summed E-state index contributed by atoms with van der Waals surface area (Å²) in [6, 6.07) is 0. The molecule has 0 aromatic heterocycles. The van der Waals surface area contributed by atoms with Gasteiger partial charge >= 0.3 is 0 Å². The number of piperidine rings is 1. The van der Waals surface area contributed by atoms with Crippen LogP contribution in [0.1, 0.15) is 58.8 Å². The van der Waals surface area contributed by atoms with E-state index >= 15 is 0 Å². The van der Waals surface area contributed by atoms with Crippen LogP contribution in [0.3, 0.4) is 0 Å². The minimum absolute atomic E-state index is 0.740. The van der Waals surface area contributed by atoms with E-state index in [0.29, 0.717) is 0 Å². The molecule has 1 saturated carbocycles. The van der Waals surface area contributed by atoms with Crippen molar-refractivity contribution >= 4 is 0 Å². The average molecular weight is 266 g/mol. The van der Waals surface area contributed by atoms with Gasteiger partial charge in [0.25, 0.3) is 0 Å². The predicted octanol–water partition coefficient (Wildman–Crippen LogP) is 3.51. The topological polar surface area (TPSA) is 29.3 Å². The third-order valence-electron chi connectivity index (χ3n) is 5.37. The van der Waals surface area contributed by atoms with Gasteiger partial charge in [-0.3, -0.25) is 0 Å². The Kier molecular flexibility index (Phi) is 6.15. The Hall–Kier alpha value is -0.0800. The maximum Gasteiger partial charge on any atom is 0.00123 e. The minimum atomic E-state index is 0.740. The standard InChI is InChI=1S/C17H34N2/c1-14(2)11-15(12-18)7-9-19-10-8-16-5-3-4-6-17(16)13-19/h14-17H,3-13,18H2,1-2H3. The van der Waals surface area contributed by atoms with Crippen LogP contribution in [0.25, 0.3) is 0 Å². The molecule has 2 N–H and O–H groups in total. The van der Waals surface area contributed by atoms with E-state index in [1.54, 1.807) is 0 Å². The smallest absolute Gasteiger partial charge is 0.00123 e. The Labute approximate surface area is 120 Å². The lowest BCUT2D eigenvalue weighted by molar-refractivity contribution is 0.0821. The molecule has 2 aliphatic rings. The summed E-state index contributed by atoms with van der Waals surface area (Å²) in [5.74, 6) is 3.61. The van der Waals surface area contributed by atoms with Gasteiger partial charge in [-0.15, -0.1) is 0 Å². The van der Waals surface area contributed by atoms with E-state index in [4.69, 9.17) is 5.73 Å². The van der Waals surface area contributed by atoms with Crippen molar-refractivity contribution in [1.82, 2.24) is 4.90 Å². The molecule has 1 aliphatic carbocycles. The van der Waals surface area contributed by atoms with Crippen LogP contribution < -0.4 is 5.73 Å². The maximum atomic E-state index is 5.92. The number of likely N-dealkylation sites (tertiary alicyclic amines) is 1. The average Bonchev–Trinajstić information content (AvgIpc) is 2.42. The minimum Gasteiger partial charge on any atom is -0.330 e. The molecule has 1 saturated heterocycles. The molecule has 3 atom stereocenters. The molecule has 0 amide bonds. The molecule has 2 heteroatoms. The highest BCUT2D eigenvalue weighted by atomic mass is 15.1. The Bertz CT molecular complexity index is 252. The lowest BCUT2D eigenvalue weighted by atomic mass is 9.75. The van der Waals surface area contributed by atoms with Crippen LogP contribution in [0.5, 0.6) is 0 Å². The molecule has 2 fully saturated rings. The van der Waals surface area contributed by atoms with Crippen LogP contribution in [0.15, 0.2) is 0 Å². The highest BCUT2D eigenvalue weighted by Crippen LogP contribution is 2.36. The molecular weight excluding hydrogens is 232 g/mol. The fourth-order valence-electron chi connectivity index (χ4n) is 4.24. The first-order valence-corrected chi connectivity index (χ1v) is 8.61. The van der Waals surface area contributed by atoms with E-state index in [1.165, 1.54) is 64.6 Å². The molecule has 0 radical (unpaired) electrons. The number of nitrogens with two attached hydrogens (primary N) is 1. The molecule has 0 spiro atoms. The molecule has 0 bridgehead atoms. The highest BCUT2D eigenvalue weighted by molar-refractivity contribution is 4.83. The van der Waals surface area contributed by atoms with E-state index in [0.717, 1.165) is 30.2 Å². The fourth-order valence-corrected chi connectivity index (χ4v) is 4.24. The normalized spacial score (nSPS) is 30.3.